The van der Waals surface area contributed by atoms with Gasteiger partial charge >= 0.3 is 0 Å². The molecule has 1 fully saturated rings. The van der Waals surface area contributed by atoms with E-state index in [0.717, 1.165) is 11.6 Å². The van der Waals surface area contributed by atoms with Gasteiger partial charge in [-0.1, -0.05) is 24.3 Å². The van der Waals surface area contributed by atoms with Gasteiger partial charge in [-0.15, -0.1) is 0 Å². The van der Waals surface area contributed by atoms with E-state index in [1.807, 2.05) is 25.1 Å². The predicted octanol–water partition coefficient (Wildman–Crippen LogP) is 2.05. The van der Waals surface area contributed by atoms with E-state index >= 15 is 0 Å². The maximum Gasteiger partial charge on any atom is 0.260 e. The number of sulfonamides is 1. The number of carbonyl (C=O) groups is 1. The molecule has 1 amide bonds. The van der Waals surface area contributed by atoms with Crippen molar-refractivity contribution in [2.45, 2.75) is 11.8 Å². The molecule has 0 spiro atoms. The standard InChI is InChI=1S/C19H21FN2O4S/c1-15-5-2-3-8-18(15)26-14-19(23)21-9-11-22(12-10-21)27(24,25)17-7-4-6-16(20)13-17/h2-8,13H,9-12,14H2,1H3. The van der Waals surface area contributed by atoms with E-state index in [0.29, 0.717) is 5.75 Å². The predicted molar refractivity (Wildman–Crippen MR) is 98.4 cm³/mol. The Balaban J connectivity index is 1.57. The zero-order valence-electron chi connectivity index (χ0n) is 15.0. The minimum atomic E-state index is -3.77. The molecule has 8 heteroatoms. The molecule has 144 valence electrons. The highest BCUT2D eigenvalue weighted by Crippen LogP contribution is 2.19. The smallest absolute Gasteiger partial charge is 0.260 e. The molecule has 0 unspecified atom stereocenters. The maximum absolute atomic E-state index is 13.3. The fourth-order valence-electron chi connectivity index (χ4n) is 2.90. The van der Waals surface area contributed by atoms with Crippen molar-refractivity contribution in [1.29, 1.82) is 0 Å². The van der Waals surface area contributed by atoms with E-state index in [9.17, 15) is 17.6 Å². The molecule has 3 rings (SSSR count). The van der Waals surface area contributed by atoms with Crippen molar-refractivity contribution in [2.75, 3.05) is 32.8 Å². The zero-order valence-corrected chi connectivity index (χ0v) is 15.8. The fraction of sp³-hybridized carbons (Fsp3) is 0.316. The Bertz CT molecular complexity index is 925. The van der Waals surface area contributed by atoms with Crippen molar-refractivity contribution in [1.82, 2.24) is 9.21 Å². The molecule has 2 aromatic carbocycles. The van der Waals surface area contributed by atoms with Crippen LogP contribution >= 0.6 is 0 Å². The summed E-state index contributed by atoms with van der Waals surface area (Å²) in [5.41, 5.74) is 0.941. The number of halogens is 1. The van der Waals surface area contributed by atoms with Crippen molar-refractivity contribution in [3.05, 3.63) is 59.9 Å². The summed E-state index contributed by atoms with van der Waals surface area (Å²) in [5, 5.41) is 0. The highest BCUT2D eigenvalue weighted by Gasteiger charge is 2.30. The van der Waals surface area contributed by atoms with Crippen LogP contribution < -0.4 is 4.74 Å². The van der Waals surface area contributed by atoms with Crippen molar-refractivity contribution >= 4 is 15.9 Å². The molecule has 1 heterocycles. The number of benzene rings is 2. The van der Waals surface area contributed by atoms with Crippen LogP contribution in [0, 0.1) is 12.7 Å². The monoisotopic (exact) mass is 392 g/mol. The van der Waals surface area contributed by atoms with Crippen LogP contribution in [-0.4, -0.2) is 56.3 Å². The van der Waals surface area contributed by atoms with E-state index in [1.165, 1.54) is 22.5 Å². The van der Waals surface area contributed by atoms with E-state index in [2.05, 4.69) is 0 Å². The molecule has 2 aromatic rings. The summed E-state index contributed by atoms with van der Waals surface area (Å²) in [6.07, 6.45) is 0. The summed E-state index contributed by atoms with van der Waals surface area (Å²) in [7, 11) is -3.77. The Kier molecular flexibility index (Phi) is 5.76. The zero-order chi connectivity index (χ0) is 19.4. The number of amides is 1. The summed E-state index contributed by atoms with van der Waals surface area (Å²) < 4.78 is 45.4. The Labute approximate surface area is 158 Å². The first-order chi connectivity index (χ1) is 12.9. The maximum atomic E-state index is 13.3. The van der Waals surface area contributed by atoms with Crippen LogP contribution in [0.3, 0.4) is 0 Å². The molecule has 0 atom stereocenters. The summed E-state index contributed by atoms with van der Waals surface area (Å²) in [6.45, 7) is 2.66. The van der Waals surface area contributed by atoms with Crippen molar-refractivity contribution in [3.8, 4) is 5.75 Å². The van der Waals surface area contributed by atoms with E-state index < -0.39 is 15.8 Å². The molecule has 0 saturated carbocycles. The van der Waals surface area contributed by atoms with Gasteiger partial charge in [0.25, 0.3) is 5.91 Å². The van der Waals surface area contributed by atoms with Gasteiger partial charge in [-0.3, -0.25) is 4.79 Å². The molecule has 0 N–H and O–H groups in total. The third-order valence-electron chi connectivity index (χ3n) is 4.47. The van der Waals surface area contributed by atoms with Gasteiger partial charge in [0.1, 0.15) is 11.6 Å². The number of piperazine rings is 1. The molecule has 0 aliphatic carbocycles. The van der Waals surface area contributed by atoms with Gasteiger partial charge in [-0.2, -0.15) is 4.31 Å². The van der Waals surface area contributed by atoms with E-state index in [-0.39, 0.29) is 43.6 Å². The number of aryl methyl sites for hydroxylation is 1. The van der Waals surface area contributed by atoms with Crippen LogP contribution in [0.5, 0.6) is 5.75 Å². The third-order valence-corrected chi connectivity index (χ3v) is 6.36. The number of para-hydroxylation sites is 1. The number of ether oxygens (including phenoxy) is 1. The van der Waals surface area contributed by atoms with E-state index in [1.54, 1.807) is 11.0 Å². The lowest BCUT2D eigenvalue weighted by Crippen LogP contribution is -2.51. The number of carbonyl (C=O) groups excluding carboxylic acids is 1. The lowest BCUT2D eigenvalue weighted by atomic mass is 10.2. The third kappa shape index (κ3) is 4.45. The van der Waals surface area contributed by atoms with Crippen molar-refractivity contribution in [3.63, 3.8) is 0 Å². The molecular weight excluding hydrogens is 371 g/mol. The quantitative estimate of drug-likeness (QED) is 0.781. The van der Waals surface area contributed by atoms with Crippen LogP contribution in [0.15, 0.2) is 53.4 Å². The van der Waals surface area contributed by atoms with Crippen LogP contribution in [0.1, 0.15) is 5.56 Å². The Morgan fingerprint density at radius 3 is 2.44 bits per heavy atom. The highest BCUT2D eigenvalue weighted by atomic mass is 32.2. The minimum absolute atomic E-state index is 0.0786. The topological polar surface area (TPSA) is 66.9 Å². The van der Waals surface area contributed by atoms with Gasteiger partial charge < -0.3 is 9.64 Å². The first-order valence-electron chi connectivity index (χ1n) is 8.60. The molecule has 0 bridgehead atoms. The van der Waals surface area contributed by atoms with Crippen LogP contribution in [0.25, 0.3) is 0 Å². The Morgan fingerprint density at radius 2 is 1.78 bits per heavy atom. The first-order valence-corrected chi connectivity index (χ1v) is 10.0. The van der Waals surface area contributed by atoms with E-state index in [4.69, 9.17) is 4.74 Å². The van der Waals surface area contributed by atoms with Gasteiger partial charge in [-0.25, -0.2) is 12.8 Å². The fourth-order valence-corrected chi connectivity index (χ4v) is 4.36. The average molecular weight is 392 g/mol. The van der Waals surface area contributed by atoms with Crippen LogP contribution in [-0.2, 0) is 14.8 Å². The second-order valence-electron chi connectivity index (χ2n) is 6.30. The second kappa shape index (κ2) is 8.06. The highest BCUT2D eigenvalue weighted by molar-refractivity contribution is 7.89. The number of nitrogens with zero attached hydrogens (tertiary/aromatic N) is 2. The minimum Gasteiger partial charge on any atom is -0.484 e. The van der Waals surface area contributed by atoms with Gasteiger partial charge in [0.05, 0.1) is 4.90 Å². The average Bonchev–Trinajstić information content (AvgIpc) is 2.67. The Morgan fingerprint density at radius 1 is 1.07 bits per heavy atom. The van der Waals surface area contributed by atoms with Gasteiger partial charge in [0, 0.05) is 26.2 Å². The molecule has 1 aliphatic heterocycles. The summed E-state index contributed by atoms with van der Waals surface area (Å²) in [4.78, 5) is 13.8. The molecule has 27 heavy (non-hydrogen) atoms. The molecule has 0 radical (unpaired) electrons. The Hall–Kier alpha value is -2.45. The van der Waals surface area contributed by atoms with Crippen LogP contribution in [0.2, 0.25) is 0 Å². The number of hydrogen-bond donors (Lipinski definition) is 0. The van der Waals surface area contributed by atoms with Gasteiger partial charge in [0.2, 0.25) is 10.0 Å². The summed E-state index contributed by atoms with van der Waals surface area (Å²) >= 11 is 0. The molecule has 6 nitrogen and oxygen atoms in total. The van der Waals surface area contributed by atoms with Gasteiger partial charge in [0.15, 0.2) is 6.61 Å². The molecule has 1 aliphatic rings. The summed E-state index contributed by atoms with van der Waals surface area (Å²) in [5.74, 6) is -0.141. The molecular formula is C19H21FN2O4S. The SMILES string of the molecule is Cc1ccccc1OCC(=O)N1CCN(S(=O)(=O)c2cccc(F)c2)CC1. The summed E-state index contributed by atoms with van der Waals surface area (Å²) in [6, 6.07) is 12.4. The lowest BCUT2D eigenvalue weighted by Gasteiger charge is -2.34. The number of hydrogen-bond acceptors (Lipinski definition) is 4. The number of rotatable bonds is 5. The largest absolute Gasteiger partial charge is 0.484 e. The molecule has 1 saturated heterocycles. The normalized spacial score (nSPS) is 15.6. The lowest BCUT2D eigenvalue weighted by molar-refractivity contribution is -0.134. The van der Waals surface area contributed by atoms with Gasteiger partial charge in [-0.05, 0) is 36.8 Å². The van der Waals surface area contributed by atoms with Crippen LogP contribution in [0.4, 0.5) is 4.39 Å². The molecule has 0 aromatic heterocycles. The van der Waals surface area contributed by atoms with Crippen molar-refractivity contribution < 1.29 is 22.3 Å². The second-order valence-corrected chi connectivity index (χ2v) is 8.23. The first kappa shape index (κ1) is 19.3. The van der Waals surface area contributed by atoms with Crippen molar-refractivity contribution in [2.24, 2.45) is 0 Å².